The van der Waals surface area contributed by atoms with Gasteiger partial charge in [-0.25, -0.2) is 0 Å². The molecule has 1 atom stereocenters. The second kappa shape index (κ2) is 3.95. The number of halogens is 1. The largest absolute Gasteiger partial charge is 0.606 e. The Morgan fingerprint density at radius 1 is 1.18 bits per heavy atom. The molecule has 4 heteroatoms. The van der Waals surface area contributed by atoms with E-state index in [1.54, 1.807) is 6.07 Å². The van der Waals surface area contributed by atoms with Gasteiger partial charge in [0.15, 0.2) is 10.6 Å². The summed E-state index contributed by atoms with van der Waals surface area (Å²) in [7, 11) is 0. The monoisotopic (exact) mass is 264 g/mol. The van der Waals surface area contributed by atoms with E-state index in [-0.39, 0.29) is 5.75 Å². The molecule has 0 spiro atoms. The van der Waals surface area contributed by atoms with Crippen molar-refractivity contribution in [3.63, 3.8) is 0 Å². The van der Waals surface area contributed by atoms with E-state index in [4.69, 9.17) is 11.6 Å². The van der Waals surface area contributed by atoms with Gasteiger partial charge < -0.3 is 9.66 Å². The van der Waals surface area contributed by atoms with E-state index < -0.39 is 11.2 Å². The number of hydrogen-bond donors (Lipinski definition) is 1. The SMILES string of the molecule is [O-][S+]1c2ccccc2Cc2c(Cl)ccc(O)c21. The van der Waals surface area contributed by atoms with Crippen molar-refractivity contribution in [2.75, 3.05) is 0 Å². The van der Waals surface area contributed by atoms with Crippen LogP contribution in [0.25, 0.3) is 0 Å². The molecule has 0 amide bonds. The molecule has 0 fully saturated rings. The molecule has 0 saturated heterocycles. The quantitative estimate of drug-likeness (QED) is 0.743. The molecule has 1 aliphatic heterocycles. The third-order valence-electron chi connectivity index (χ3n) is 2.91. The number of phenolic OH excluding ortho intramolecular Hbond substituents is 1. The van der Waals surface area contributed by atoms with Crippen molar-refractivity contribution in [3.05, 3.63) is 52.5 Å². The molecule has 0 bridgehead atoms. The fourth-order valence-corrected chi connectivity index (χ4v) is 3.84. The van der Waals surface area contributed by atoms with Gasteiger partial charge in [-0.2, -0.15) is 0 Å². The molecule has 3 rings (SSSR count). The molecule has 2 nitrogen and oxygen atoms in total. The number of rotatable bonds is 0. The van der Waals surface area contributed by atoms with Crippen molar-refractivity contribution in [2.45, 2.75) is 16.2 Å². The van der Waals surface area contributed by atoms with Gasteiger partial charge in [-0.3, -0.25) is 0 Å². The highest BCUT2D eigenvalue weighted by Crippen LogP contribution is 2.41. The second-order valence-electron chi connectivity index (χ2n) is 3.93. The number of aromatic hydroxyl groups is 1. The van der Waals surface area contributed by atoms with Crippen molar-refractivity contribution in [3.8, 4) is 5.75 Å². The first-order valence-electron chi connectivity index (χ1n) is 5.18. The predicted octanol–water partition coefficient (Wildman–Crippen LogP) is 3.12. The number of hydrogen-bond acceptors (Lipinski definition) is 2. The summed E-state index contributed by atoms with van der Waals surface area (Å²) in [6, 6.07) is 10.7. The summed E-state index contributed by atoms with van der Waals surface area (Å²) < 4.78 is 12.4. The minimum atomic E-state index is -1.35. The van der Waals surface area contributed by atoms with Crippen molar-refractivity contribution >= 4 is 22.8 Å². The maximum absolute atomic E-state index is 12.4. The lowest BCUT2D eigenvalue weighted by atomic mass is 10.0. The lowest BCUT2D eigenvalue weighted by molar-refractivity contribution is 0.456. The van der Waals surface area contributed by atoms with Gasteiger partial charge in [0, 0.05) is 33.7 Å². The van der Waals surface area contributed by atoms with Crippen LogP contribution >= 0.6 is 11.6 Å². The standard InChI is InChI=1S/C13H9ClO2S/c14-10-5-6-11(15)13-9(10)7-8-3-1-2-4-12(8)17(13)16/h1-6,15H,7H2. The number of phenols is 1. The molecule has 86 valence electrons. The van der Waals surface area contributed by atoms with Gasteiger partial charge in [-0.05, 0) is 18.2 Å². The molecule has 1 unspecified atom stereocenters. The van der Waals surface area contributed by atoms with E-state index in [1.165, 1.54) is 6.07 Å². The van der Waals surface area contributed by atoms with Crippen LogP contribution in [0.4, 0.5) is 0 Å². The zero-order chi connectivity index (χ0) is 12.0. The Hall–Kier alpha value is -1.16. The Bertz CT molecular complexity index is 598. The lowest BCUT2D eigenvalue weighted by Gasteiger charge is -2.22. The third-order valence-corrected chi connectivity index (χ3v) is 4.89. The first-order valence-corrected chi connectivity index (χ1v) is 6.71. The normalized spacial score (nSPS) is 17.4. The Kier molecular flexibility index (Phi) is 2.54. The lowest BCUT2D eigenvalue weighted by Crippen LogP contribution is -2.15. The Morgan fingerprint density at radius 2 is 1.94 bits per heavy atom. The molecule has 2 aromatic carbocycles. The number of benzene rings is 2. The van der Waals surface area contributed by atoms with E-state index in [9.17, 15) is 9.66 Å². The Morgan fingerprint density at radius 3 is 2.76 bits per heavy atom. The molecule has 1 N–H and O–H groups in total. The minimum absolute atomic E-state index is 0.0530. The molecule has 0 aliphatic carbocycles. The fourth-order valence-electron chi connectivity index (χ4n) is 2.09. The maximum Gasteiger partial charge on any atom is 0.205 e. The van der Waals surface area contributed by atoms with Crippen LogP contribution in [0.2, 0.25) is 5.02 Å². The Balaban J connectivity index is 2.26. The topological polar surface area (TPSA) is 43.3 Å². The average molecular weight is 265 g/mol. The van der Waals surface area contributed by atoms with Crippen LogP contribution in [0.3, 0.4) is 0 Å². The molecule has 0 saturated carbocycles. The van der Waals surface area contributed by atoms with Crippen LogP contribution in [0.1, 0.15) is 11.1 Å². The van der Waals surface area contributed by atoms with E-state index in [0.29, 0.717) is 16.3 Å². The molecular weight excluding hydrogens is 256 g/mol. The van der Waals surface area contributed by atoms with Crippen molar-refractivity contribution in [2.24, 2.45) is 0 Å². The summed E-state index contributed by atoms with van der Waals surface area (Å²) in [5.41, 5.74) is 1.77. The van der Waals surface area contributed by atoms with Gasteiger partial charge in [0.2, 0.25) is 4.90 Å². The first-order chi connectivity index (χ1) is 8.18. The van der Waals surface area contributed by atoms with Gasteiger partial charge >= 0.3 is 0 Å². The molecule has 1 aliphatic rings. The van der Waals surface area contributed by atoms with Crippen LogP contribution in [0.5, 0.6) is 5.75 Å². The van der Waals surface area contributed by atoms with Crippen LogP contribution in [-0.2, 0) is 17.6 Å². The predicted molar refractivity (Wildman–Crippen MR) is 67.0 cm³/mol. The minimum Gasteiger partial charge on any atom is -0.606 e. The number of fused-ring (bicyclic) bond motifs is 2. The third kappa shape index (κ3) is 1.62. The van der Waals surface area contributed by atoms with Gasteiger partial charge in [0.1, 0.15) is 0 Å². The average Bonchev–Trinajstić information content (AvgIpc) is 2.34. The van der Waals surface area contributed by atoms with Gasteiger partial charge in [0.25, 0.3) is 0 Å². The summed E-state index contributed by atoms with van der Waals surface area (Å²) in [5, 5.41) is 10.4. The highest BCUT2D eigenvalue weighted by atomic mass is 35.5. The second-order valence-corrected chi connectivity index (χ2v) is 5.72. The van der Waals surface area contributed by atoms with Crippen LogP contribution in [-0.4, -0.2) is 9.66 Å². The van der Waals surface area contributed by atoms with Gasteiger partial charge in [-0.1, -0.05) is 29.8 Å². The highest BCUT2D eigenvalue weighted by molar-refractivity contribution is 7.91. The van der Waals surface area contributed by atoms with Gasteiger partial charge in [0.05, 0.1) is 0 Å². The van der Waals surface area contributed by atoms with E-state index in [1.807, 2.05) is 24.3 Å². The summed E-state index contributed by atoms with van der Waals surface area (Å²) in [6.45, 7) is 0. The first kappa shape index (κ1) is 11.0. The molecule has 1 heterocycles. The van der Waals surface area contributed by atoms with Crippen LogP contribution in [0, 0.1) is 0 Å². The summed E-state index contributed by atoms with van der Waals surface area (Å²) in [5.74, 6) is 0.0530. The molecule has 0 radical (unpaired) electrons. The van der Waals surface area contributed by atoms with Crippen LogP contribution in [0.15, 0.2) is 46.2 Å². The van der Waals surface area contributed by atoms with E-state index in [0.717, 1.165) is 16.0 Å². The summed E-state index contributed by atoms with van der Waals surface area (Å²) >= 11 is 4.75. The molecule has 17 heavy (non-hydrogen) atoms. The summed E-state index contributed by atoms with van der Waals surface area (Å²) in [6.07, 6.45) is 0.616. The van der Waals surface area contributed by atoms with Crippen LogP contribution < -0.4 is 0 Å². The van der Waals surface area contributed by atoms with Crippen molar-refractivity contribution in [1.29, 1.82) is 0 Å². The van der Waals surface area contributed by atoms with Crippen molar-refractivity contribution in [1.82, 2.24) is 0 Å². The van der Waals surface area contributed by atoms with E-state index in [2.05, 4.69) is 0 Å². The molecule has 2 aromatic rings. The Labute approximate surface area is 107 Å². The maximum atomic E-state index is 12.4. The van der Waals surface area contributed by atoms with E-state index >= 15 is 0 Å². The van der Waals surface area contributed by atoms with Gasteiger partial charge in [-0.15, -0.1) is 0 Å². The zero-order valence-corrected chi connectivity index (χ0v) is 10.4. The fraction of sp³-hybridized carbons (Fsp3) is 0.0769. The zero-order valence-electron chi connectivity index (χ0n) is 8.81. The smallest absolute Gasteiger partial charge is 0.205 e. The van der Waals surface area contributed by atoms with Crippen molar-refractivity contribution < 1.29 is 9.66 Å². The molecule has 0 aromatic heterocycles. The summed E-state index contributed by atoms with van der Waals surface area (Å²) in [4.78, 5) is 1.22. The molecular formula is C13H9ClO2S. The highest BCUT2D eigenvalue weighted by Gasteiger charge is 2.32.